The predicted octanol–water partition coefficient (Wildman–Crippen LogP) is 4.16. The molecule has 0 N–H and O–H groups in total. The summed E-state index contributed by atoms with van der Waals surface area (Å²) in [4.78, 5) is 14.6. The summed E-state index contributed by atoms with van der Waals surface area (Å²) < 4.78 is 0. The molecule has 0 fully saturated rings. The van der Waals surface area contributed by atoms with Crippen molar-refractivity contribution in [3.8, 4) is 0 Å². The van der Waals surface area contributed by atoms with E-state index in [1.54, 1.807) is 0 Å². The molecule has 0 saturated heterocycles. The molecule has 1 aliphatic rings. The van der Waals surface area contributed by atoms with Crippen molar-refractivity contribution < 1.29 is 4.79 Å². The number of unbranched alkanes of at least 4 members (excludes halogenated alkanes) is 1. The fraction of sp³-hybridized carbons (Fsp3) is 0.438. The van der Waals surface area contributed by atoms with E-state index in [1.807, 2.05) is 23.1 Å². The third kappa shape index (κ3) is 3.11. The summed E-state index contributed by atoms with van der Waals surface area (Å²) >= 11 is -1.82. The molecule has 1 amide bonds. The fourth-order valence-corrected chi connectivity index (χ4v) is 5.07. The van der Waals surface area contributed by atoms with Crippen LogP contribution in [0.3, 0.4) is 0 Å². The van der Waals surface area contributed by atoms with Crippen LogP contribution in [0.25, 0.3) is 5.70 Å². The number of amides is 1. The Morgan fingerprint density at radius 2 is 1.79 bits per heavy atom. The zero-order chi connectivity index (χ0) is 14.0. The fourth-order valence-electron chi connectivity index (χ4n) is 2.43. The van der Waals surface area contributed by atoms with E-state index in [2.05, 4.69) is 36.3 Å². The van der Waals surface area contributed by atoms with Gasteiger partial charge in [0.2, 0.25) is 0 Å². The Hall–Kier alpha value is -1.03. The molecule has 0 atom stereocenters. The second-order valence-corrected chi connectivity index (χ2v) is 17.8. The summed E-state index contributed by atoms with van der Waals surface area (Å²) in [5.74, 6) is 7.26. The molecule has 0 spiro atoms. The van der Waals surface area contributed by atoms with Gasteiger partial charge in [0, 0.05) is 0 Å². The average molecular weight is 318 g/mol. The van der Waals surface area contributed by atoms with E-state index in [4.69, 9.17) is 0 Å². The summed E-state index contributed by atoms with van der Waals surface area (Å²) in [6, 6.07) is 8.00. The van der Waals surface area contributed by atoms with Gasteiger partial charge in [0.25, 0.3) is 0 Å². The van der Waals surface area contributed by atoms with Crippen LogP contribution < -0.4 is 0 Å². The van der Waals surface area contributed by atoms with Crippen LogP contribution in [0.4, 0.5) is 0 Å². The van der Waals surface area contributed by atoms with Crippen molar-refractivity contribution in [1.82, 2.24) is 4.90 Å². The Bertz CT molecular complexity index is 514. The molecule has 0 aromatic heterocycles. The predicted molar refractivity (Wildman–Crippen MR) is 83.7 cm³/mol. The number of hydrogen-bond acceptors (Lipinski definition) is 1. The summed E-state index contributed by atoms with van der Waals surface area (Å²) in [5, 5.41) is 0.947. The minimum absolute atomic E-state index is 0.193. The van der Waals surface area contributed by atoms with Gasteiger partial charge in [-0.05, 0) is 0 Å². The van der Waals surface area contributed by atoms with Gasteiger partial charge in [0.1, 0.15) is 0 Å². The molecule has 0 bridgehead atoms. The molecule has 102 valence electrons. The first-order valence-corrected chi connectivity index (χ1v) is 14.8. The molecule has 2 rings (SSSR count). The summed E-state index contributed by atoms with van der Waals surface area (Å²) in [5.41, 5.74) is 3.13. The van der Waals surface area contributed by atoms with Crippen molar-refractivity contribution in [2.45, 2.75) is 37.0 Å². The molecule has 1 aromatic carbocycles. The normalized spacial score (nSPS) is 17.2. The van der Waals surface area contributed by atoms with E-state index >= 15 is 0 Å². The summed E-state index contributed by atoms with van der Waals surface area (Å²) in [6.07, 6.45) is 4.38. The van der Waals surface area contributed by atoms with Gasteiger partial charge in [-0.15, -0.1) is 0 Å². The molecule has 1 aliphatic heterocycles. The number of fused-ring (bicyclic) bond motifs is 1. The van der Waals surface area contributed by atoms with Gasteiger partial charge < -0.3 is 0 Å². The standard InChI is InChI=1S/C16H23GeNO/c1-5-6-11-15-13-9-7-8-10-14(13)16(19)18(15)12-17(2,3)4/h7-11H,5-6,12H2,1-4H3/b15-11+. The molecule has 2 nitrogen and oxygen atoms in total. The van der Waals surface area contributed by atoms with Gasteiger partial charge in [-0.1, -0.05) is 0 Å². The van der Waals surface area contributed by atoms with E-state index < -0.39 is 13.3 Å². The Kier molecular flexibility index (Phi) is 4.19. The van der Waals surface area contributed by atoms with E-state index in [-0.39, 0.29) is 5.91 Å². The van der Waals surface area contributed by atoms with Crippen molar-refractivity contribution in [2.75, 3.05) is 5.38 Å². The zero-order valence-electron chi connectivity index (χ0n) is 12.4. The second kappa shape index (κ2) is 5.53. The molecule has 0 radical (unpaired) electrons. The van der Waals surface area contributed by atoms with Crippen molar-refractivity contribution >= 4 is 24.9 Å². The van der Waals surface area contributed by atoms with Crippen LogP contribution in [0.5, 0.6) is 0 Å². The van der Waals surface area contributed by atoms with Crippen molar-refractivity contribution in [1.29, 1.82) is 0 Å². The zero-order valence-corrected chi connectivity index (χ0v) is 14.5. The topological polar surface area (TPSA) is 20.3 Å². The first kappa shape index (κ1) is 14.4. The maximum absolute atomic E-state index is 12.6. The molecular formula is C16H23GeNO. The number of allylic oxidation sites excluding steroid dienone is 1. The number of nitrogens with zero attached hydrogens (tertiary/aromatic N) is 1. The minimum atomic E-state index is -1.82. The van der Waals surface area contributed by atoms with Gasteiger partial charge in [-0.2, -0.15) is 0 Å². The van der Waals surface area contributed by atoms with Crippen molar-refractivity contribution in [3.05, 3.63) is 41.5 Å². The molecule has 19 heavy (non-hydrogen) atoms. The third-order valence-electron chi connectivity index (χ3n) is 3.23. The van der Waals surface area contributed by atoms with Crippen LogP contribution >= 0.6 is 0 Å². The first-order chi connectivity index (χ1) is 8.94. The van der Waals surface area contributed by atoms with Gasteiger partial charge in [0.15, 0.2) is 0 Å². The van der Waals surface area contributed by atoms with Crippen molar-refractivity contribution in [2.24, 2.45) is 0 Å². The molecule has 3 heteroatoms. The molecule has 0 saturated carbocycles. The monoisotopic (exact) mass is 319 g/mol. The Labute approximate surface area is 118 Å². The first-order valence-electron chi connectivity index (χ1n) is 7.05. The van der Waals surface area contributed by atoms with Gasteiger partial charge in [0.05, 0.1) is 0 Å². The Morgan fingerprint density at radius 1 is 1.16 bits per heavy atom. The molecule has 0 unspecified atom stereocenters. The molecule has 1 aromatic rings. The quantitative estimate of drug-likeness (QED) is 0.764. The summed E-state index contributed by atoms with van der Waals surface area (Å²) in [7, 11) is 0. The number of rotatable bonds is 4. The van der Waals surface area contributed by atoms with Crippen LogP contribution in [0, 0.1) is 0 Å². The second-order valence-electron chi connectivity index (χ2n) is 6.38. The van der Waals surface area contributed by atoms with E-state index in [1.165, 1.54) is 0 Å². The SMILES string of the molecule is CCC/C=C1\c2ccccc2C(=O)N1[CH2][Ge]([CH3])([CH3])[CH3]. The maximum atomic E-state index is 12.6. The number of hydrogen-bond donors (Lipinski definition) is 0. The number of carbonyl (C=O) groups excluding carboxylic acids is 1. The van der Waals surface area contributed by atoms with Crippen molar-refractivity contribution in [3.63, 3.8) is 0 Å². The molecule has 1 heterocycles. The van der Waals surface area contributed by atoms with Gasteiger partial charge in [-0.3, -0.25) is 0 Å². The Morgan fingerprint density at radius 3 is 2.37 bits per heavy atom. The van der Waals surface area contributed by atoms with Crippen LogP contribution in [0.15, 0.2) is 30.3 Å². The number of benzene rings is 1. The Balaban J connectivity index is 2.41. The molecule has 0 aliphatic carbocycles. The van der Waals surface area contributed by atoms with Crippen LogP contribution in [-0.2, 0) is 0 Å². The summed E-state index contributed by atoms with van der Waals surface area (Å²) in [6.45, 7) is 2.17. The van der Waals surface area contributed by atoms with E-state index in [9.17, 15) is 4.79 Å². The van der Waals surface area contributed by atoms with Crippen LogP contribution in [0.2, 0.25) is 17.3 Å². The van der Waals surface area contributed by atoms with Gasteiger partial charge in [-0.25, -0.2) is 0 Å². The van der Waals surface area contributed by atoms with Crippen LogP contribution in [0.1, 0.15) is 35.7 Å². The van der Waals surface area contributed by atoms with E-state index in [0.29, 0.717) is 0 Å². The van der Waals surface area contributed by atoms with Gasteiger partial charge >= 0.3 is 118 Å². The van der Waals surface area contributed by atoms with Crippen LogP contribution in [-0.4, -0.2) is 29.5 Å². The third-order valence-corrected chi connectivity index (χ3v) is 5.88. The average Bonchev–Trinajstić information content (AvgIpc) is 2.60. The van der Waals surface area contributed by atoms with E-state index in [0.717, 1.165) is 35.0 Å². The molecular weight excluding hydrogens is 295 g/mol. The number of carbonyl (C=O) groups is 1.